The summed E-state index contributed by atoms with van der Waals surface area (Å²) >= 11 is 5.50. The molecule has 0 bridgehead atoms. The Labute approximate surface area is 107 Å². The highest BCUT2D eigenvalue weighted by atomic mass is 35.5. The van der Waals surface area contributed by atoms with Crippen molar-refractivity contribution >= 4 is 11.6 Å². The van der Waals surface area contributed by atoms with Gasteiger partial charge in [-0.25, -0.2) is 4.39 Å². The van der Waals surface area contributed by atoms with E-state index in [1.807, 2.05) is 0 Å². The average molecular weight is 255 g/mol. The van der Waals surface area contributed by atoms with Crippen LogP contribution in [0.15, 0.2) is 18.2 Å². The molecule has 0 fully saturated rings. The number of hydrogen-bond acceptors (Lipinski definition) is 1. The fourth-order valence-electron chi connectivity index (χ4n) is 1.47. The third-order valence-electron chi connectivity index (χ3n) is 2.44. The first kappa shape index (κ1) is 13.9. The minimum absolute atomic E-state index is 0.136. The molecule has 0 radical (unpaired) electrons. The van der Waals surface area contributed by atoms with E-state index in [-0.39, 0.29) is 17.8 Å². The first-order valence-corrected chi connectivity index (χ1v) is 6.25. The smallest absolute Gasteiger partial charge is 0.135 e. The summed E-state index contributed by atoms with van der Waals surface area (Å²) in [5.74, 6) is 6.05. The molecule has 0 atom stereocenters. The molecule has 0 spiro atoms. The van der Waals surface area contributed by atoms with E-state index in [1.165, 1.54) is 12.1 Å². The Morgan fingerprint density at radius 3 is 2.65 bits per heavy atom. The van der Waals surface area contributed by atoms with Crippen LogP contribution < -0.4 is 4.74 Å². The maximum absolute atomic E-state index is 13.1. The van der Waals surface area contributed by atoms with E-state index in [2.05, 4.69) is 25.7 Å². The highest BCUT2D eigenvalue weighted by Crippen LogP contribution is 2.21. The quantitative estimate of drug-likeness (QED) is 0.583. The van der Waals surface area contributed by atoms with Crippen LogP contribution in [0.5, 0.6) is 5.75 Å². The van der Waals surface area contributed by atoms with Crippen LogP contribution in [0.25, 0.3) is 0 Å². The number of ether oxygens (including phenoxy) is 1. The lowest BCUT2D eigenvalue weighted by atomic mass is 10.1. The number of rotatable bonds is 4. The van der Waals surface area contributed by atoms with Crippen LogP contribution in [0, 0.1) is 17.7 Å². The van der Waals surface area contributed by atoms with Crippen molar-refractivity contribution in [3.8, 4) is 17.6 Å². The number of halogens is 2. The first-order chi connectivity index (χ1) is 8.21. The van der Waals surface area contributed by atoms with Gasteiger partial charge in [0.25, 0.3) is 0 Å². The Hall–Kier alpha value is -1.20. The summed E-state index contributed by atoms with van der Waals surface area (Å²) in [6.07, 6.45) is 1.96. The number of benzene rings is 1. The van der Waals surface area contributed by atoms with E-state index in [1.54, 1.807) is 6.07 Å². The van der Waals surface area contributed by atoms with Gasteiger partial charge in [0, 0.05) is 0 Å². The van der Waals surface area contributed by atoms with Crippen molar-refractivity contribution in [2.24, 2.45) is 0 Å². The predicted molar refractivity (Wildman–Crippen MR) is 69.0 cm³/mol. The van der Waals surface area contributed by atoms with Crippen LogP contribution in [0.4, 0.5) is 4.39 Å². The molecule has 0 unspecified atom stereocenters. The molecule has 17 heavy (non-hydrogen) atoms. The van der Waals surface area contributed by atoms with Gasteiger partial charge < -0.3 is 4.74 Å². The highest BCUT2D eigenvalue weighted by molar-refractivity contribution is 6.19. The molecule has 0 amide bonds. The fraction of sp³-hybridized carbons (Fsp3) is 0.429. The second-order valence-corrected chi connectivity index (χ2v) is 3.90. The molecular weight excluding hydrogens is 239 g/mol. The highest BCUT2D eigenvalue weighted by Gasteiger charge is 2.09. The van der Waals surface area contributed by atoms with Crippen LogP contribution in [0.3, 0.4) is 0 Å². The number of alkyl halides is 1. The Morgan fingerprint density at radius 2 is 2.06 bits per heavy atom. The third kappa shape index (κ3) is 4.28. The van der Waals surface area contributed by atoms with Crippen LogP contribution >= 0.6 is 11.6 Å². The summed E-state index contributed by atoms with van der Waals surface area (Å²) in [4.78, 5) is 0. The van der Waals surface area contributed by atoms with Gasteiger partial charge >= 0.3 is 0 Å². The standard InChI is InChI=1S/C14H16ClFO/c1-3-13(4-2)17-14-8-7-12(16)10-11(14)6-5-9-15/h7-8,10,13H,3-4,9H2,1-2H3. The van der Waals surface area contributed by atoms with Gasteiger partial charge in [-0.15, -0.1) is 11.6 Å². The van der Waals surface area contributed by atoms with E-state index in [4.69, 9.17) is 16.3 Å². The minimum Gasteiger partial charge on any atom is -0.489 e. The summed E-state index contributed by atoms with van der Waals surface area (Å²) in [5.41, 5.74) is 0.553. The van der Waals surface area contributed by atoms with Gasteiger partial charge in [0.15, 0.2) is 0 Å². The minimum atomic E-state index is -0.319. The molecule has 0 aromatic heterocycles. The van der Waals surface area contributed by atoms with Crippen molar-refractivity contribution in [2.45, 2.75) is 32.8 Å². The Morgan fingerprint density at radius 1 is 1.35 bits per heavy atom. The average Bonchev–Trinajstić information content (AvgIpc) is 2.35. The largest absolute Gasteiger partial charge is 0.489 e. The topological polar surface area (TPSA) is 9.23 Å². The molecular formula is C14H16ClFO. The zero-order valence-corrected chi connectivity index (χ0v) is 10.9. The van der Waals surface area contributed by atoms with E-state index in [0.717, 1.165) is 12.8 Å². The Bertz CT molecular complexity index is 416. The molecule has 0 aliphatic rings. The molecule has 0 saturated carbocycles. The predicted octanol–water partition coefficient (Wildman–Crippen LogP) is 3.98. The summed E-state index contributed by atoms with van der Waals surface area (Å²) < 4.78 is 18.9. The Balaban J connectivity index is 2.97. The summed E-state index contributed by atoms with van der Waals surface area (Å²) in [5, 5.41) is 0. The lowest BCUT2D eigenvalue weighted by molar-refractivity contribution is 0.192. The van der Waals surface area contributed by atoms with Gasteiger partial charge in [0.1, 0.15) is 11.6 Å². The van der Waals surface area contributed by atoms with E-state index < -0.39 is 0 Å². The summed E-state index contributed by atoms with van der Waals surface area (Å²) in [6.45, 7) is 4.11. The molecule has 1 aromatic carbocycles. The van der Waals surface area contributed by atoms with Gasteiger partial charge in [-0.3, -0.25) is 0 Å². The normalized spacial score (nSPS) is 9.94. The summed E-state index contributed by atoms with van der Waals surface area (Å²) in [7, 11) is 0. The molecule has 0 N–H and O–H groups in total. The van der Waals surface area contributed by atoms with E-state index in [9.17, 15) is 4.39 Å². The van der Waals surface area contributed by atoms with Crippen molar-refractivity contribution in [3.05, 3.63) is 29.6 Å². The molecule has 0 aliphatic heterocycles. The molecule has 0 heterocycles. The lowest BCUT2D eigenvalue weighted by Gasteiger charge is -2.16. The zero-order valence-electron chi connectivity index (χ0n) is 10.1. The maximum atomic E-state index is 13.1. The van der Waals surface area contributed by atoms with Crippen LogP contribution in [0.2, 0.25) is 0 Å². The molecule has 1 aromatic rings. The van der Waals surface area contributed by atoms with Crippen molar-refractivity contribution in [2.75, 3.05) is 5.88 Å². The van der Waals surface area contributed by atoms with Crippen molar-refractivity contribution in [1.29, 1.82) is 0 Å². The van der Waals surface area contributed by atoms with E-state index in [0.29, 0.717) is 11.3 Å². The van der Waals surface area contributed by atoms with Gasteiger partial charge in [0.2, 0.25) is 0 Å². The van der Waals surface area contributed by atoms with Gasteiger partial charge in [-0.05, 0) is 31.0 Å². The second kappa shape index (κ2) is 7.19. The monoisotopic (exact) mass is 254 g/mol. The molecule has 3 heteroatoms. The summed E-state index contributed by atoms with van der Waals surface area (Å²) in [6, 6.07) is 4.37. The molecule has 1 nitrogen and oxygen atoms in total. The van der Waals surface area contributed by atoms with Crippen molar-refractivity contribution in [3.63, 3.8) is 0 Å². The van der Waals surface area contributed by atoms with Gasteiger partial charge in [0.05, 0.1) is 17.5 Å². The van der Waals surface area contributed by atoms with E-state index >= 15 is 0 Å². The van der Waals surface area contributed by atoms with Crippen molar-refractivity contribution in [1.82, 2.24) is 0 Å². The van der Waals surface area contributed by atoms with Crippen LogP contribution in [-0.4, -0.2) is 12.0 Å². The fourth-order valence-corrected chi connectivity index (χ4v) is 1.53. The lowest BCUT2D eigenvalue weighted by Crippen LogP contribution is -2.14. The molecule has 0 saturated heterocycles. The second-order valence-electron chi connectivity index (χ2n) is 3.63. The zero-order chi connectivity index (χ0) is 12.7. The third-order valence-corrected chi connectivity index (χ3v) is 2.57. The van der Waals surface area contributed by atoms with Crippen molar-refractivity contribution < 1.29 is 9.13 Å². The first-order valence-electron chi connectivity index (χ1n) is 5.72. The van der Waals surface area contributed by atoms with Crippen LogP contribution in [-0.2, 0) is 0 Å². The van der Waals surface area contributed by atoms with Crippen LogP contribution in [0.1, 0.15) is 32.3 Å². The molecule has 92 valence electrons. The Kier molecular flexibility index (Phi) is 5.86. The van der Waals surface area contributed by atoms with Gasteiger partial charge in [-0.1, -0.05) is 25.7 Å². The number of hydrogen-bond donors (Lipinski definition) is 0. The molecule has 1 rings (SSSR count). The maximum Gasteiger partial charge on any atom is 0.135 e. The van der Waals surface area contributed by atoms with Gasteiger partial charge in [-0.2, -0.15) is 0 Å². The SMILES string of the molecule is CCC(CC)Oc1ccc(F)cc1C#CCCl. The molecule has 0 aliphatic carbocycles.